The summed E-state index contributed by atoms with van der Waals surface area (Å²) in [5.41, 5.74) is 0.972. The van der Waals surface area contributed by atoms with E-state index in [1.54, 1.807) is 12.1 Å². The summed E-state index contributed by atoms with van der Waals surface area (Å²) in [7, 11) is -0.680. The molecular weight excluding hydrogens is 258 g/mol. The van der Waals surface area contributed by atoms with Crippen molar-refractivity contribution in [2.24, 2.45) is 5.41 Å². The summed E-state index contributed by atoms with van der Waals surface area (Å²) in [6.07, 6.45) is 1.46. The standard InChI is InChI=1S/C14H16BFN2O2/c1-14(2)9-19-15(20-10-14)12-8-17-18(13(12)16)11-6-4-3-5-7-11/h3-8H,9-10H2,1-2H3. The van der Waals surface area contributed by atoms with Gasteiger partial charge in [0.15, 0.2) is 0 Å². The van der Waals surface area contributed by atoms with Gasteiger partial charge in [-0.15, -0.1) is 0 Å². The first-order valence-electron chi connectivity index (χ1n) is 6.59. The Kier molecular flexibility index (Phi) is 3.35. The second-order valence-electron chi connectivity index (χ2n) is 5.76. The zero-order valence-electron chi connectivity index (χ0n) is 11.5. The number of benzene rings is 1. The average molecular weight is 274 g/mol. The predicted octanol–water partition coefficient (Wildman–Crippen LogP) is 1.78. The number of halogens is 1. The van der Waals surface area contributed by atoms with E-state index in [4.69, 9.17) is 9.31 Å². The first kappa shape index (κ1) is 13.3. The van der Waals surface area contributed by atoms with Crippen LogP contribution in [-0.4, -0.2) is 30.1 Å². The molecule has 0 saturated carbocycles. The fourth-order valence-corrected chi connectivity index (χ4v) is 2.13. The van der Waals surface area contributed by atoms with Gasteiger partial charge in [0.2, 0.25) is 5.95 Å². The van der Waals surface area contributed by atoms with Gasteiger partial charge in [0.05, 0.1) is 17.3 Å². The molecule has 20 heavy (non-hydrogen) atoms. The third kappa shape index (κ3) is 2.49. The Morgan fingerprint density at radius 1 is 1.20 bits per heavy atom. The van der Waals surface area contributed by atoms with E-state index in [1.807, 2.05) is 32.0 Å². The van der Waals surface area contributed by atoms with Crippen molar-refractivity contribution in [2.45, 2.75) is 13.8 Å². The van der Waals surface area contributed by atoms with Crippen LogP contribution < -0.4 is 5.46 Å². The number of hydrogen-bond donors (Lipinski definition) is 0. The molecule has 0 atom stereocenters. The minimum absolute atomic E-state index is 0.0393. The molecule has 6 heteroatoms. The molecule has 0 bridgehead atoms. The minimum atomic E-state index is -0.680. The van der Waals surface area contributed by atoms with Crippen molar-refractivity contribution in [3.8, 4) is 5.69 Å². The molecule has 1 aromatic heterocycles. The summed E-state index contributed by atoms with van der Waals surface area (Å²) in [6.45, 7) is 5.17. The van der Waals surface area contributed by atoms with Crippen LogP contribution in [0, 0.1) is 11.4 Å². The summed E-state index contributed by atoms with van der Waals surface area (Å²) in [4.78, 5) is 0. The Morgan fingerprint density at radius 3 is 2.50 bits per heavy atom. The van der Waals surface area contributed by atoms with Crippen LogP contribution in [0.5, 0.6) is 0 Å². The van der Waals surface area contributed by atoms with Gasteiger partial charge in [0.1, 0.15) is 0 Å². The minimum Gasteiger partial charge on any atom is -0.406 e. The molecular formula is C14H16BFN2O2. The van der Waals surface area contributed by atoms with Crippen molar-refractivity contribution in [3.05, 3.63) is 42.5 Å². The summed E-state index contributed by atoms with van der Waals surface area (Å²) in [6, 6.07) is 9.15. The molecule has 0 N–H and O–H groups in total. The SMILES string of the molecule is CC1(C)COB(c2cnn(-c3ccccc3)c2F)OC1. The molecule has 2 aromatic rings. The molecule has 0 aliphatic carbocycles. The fraction of sp³-hybridized carbons (Fsp3) is 0.357. The predicted molar refractivity (Wildman–Crippen MR) is 74.6 cm³/mol. The number of aromatic nitrogens is 2. The van der Waals surface area contributed by atoms with Crippen LogP contribution >= 0.6 is 0 Å². The van der Waals surface area contributed by atoms with Gasteiger partial charge >= 0.3 is 7.12 Å². The lowest BCUT2D eigenvalue weighted by Crippen LogP contribution is -2.48. The number of hydrogen-bond acceptors (Lipinski definition) is 3. The van der Waals surface area contributed by atoms with Crippen LogP contribution in [0.1, 0.15) is 13.8 Å². The van der Waals surface area contributed by atoms with E-state index in [0.29, 0.717) is 24.4 Å². The van der Waals surface area contributed by atoms with E-state index < -0.39 is 13.1 Å². The van der Waals surface area contributed by atoms with Gasteiger partial charge in [0, 0.05) is 18.6 Å². The highest BCUT2D eigenvalue weighted by molar-refractivity contribution is 6.61. The Balaban J connectivity index is 1.85. The molecule has 0 unspecified atom stereocenters. The number of para-hydroxylation sites is 1. The van der Waals surface area contributed by atoms with Crippen LogP contribution in [0.15, 0.2) is 36.5 Å². The quantitative estimate of drug-likeness (QED) is 0.783. The Labute approximate surface area is 117 Å². The van der Waals surface area contributed by atoms with Crippen LogP contribution in [0.25, 0.3) is 5.69 Å². The molecule has 2 heterocycles. The monoisotopic (exact) mass is 274 g/mol. The number of nitrogens with zero attached hydrogens (tertiary/aromatic N) is 2. The largest absolute Gasteiger partial charge is 0.500 e. The molecule has 1 aliphatic rings. The molecule has 0 radical (unpaired) electrons. The summed E-state index contributed by atoms with van der Waals surface area (Å²) in [5.74, 6) is -0.444. The van der Waals surface area contributed by atoms with Crippen LogP contribution in [0.4, 0.5) is 4.39 Å². The first-order chi connectivity index (χ1) is 9.57. The van der Waals surface area contributed by atoms with E-state index in [-0.39, 0.29) is 5.41 Å². The molecule has 4 nitrogen and oxygen atoms in total. The summed E-state index contributed by atoms with van der Waals surface area (Å²) >= 11 is 0. The van der Waals surface area contributed by atoms with Gasteiger partial charge in [-0.1, -0.05) is 32.0 Å². The van der Waals surface area contributed by atoms with Gasteiger partial charge in [-0.2, -0.15) is 9.49 Å². The summed E-state index contributed by atoms with van der Waals surface area (Å²) in [5, 5.41) is 4.08. The van der Waals surface area contributed by atoms with Crippen molar-refractivity contribution in [3.63, 3.8) is 0 Å². The van der Waals surface area contributed by atoms with E-state index in [0.717, 1.165) is 0 Å². The maximum Gasteiger partial charge on any atom is 0.500 e. The second-order valence-corrected chi connectivity index (χ2v) is 5.76. The van der Waals surface area contributed by atoms with Crippen molar-refractivity contribution < 1.29 is 13.7 Å². The molecule has 0 spiro atoms. The molecule has 1 aliphatic heterocycles. The second kappa shape index (κ2) is 5.03. The van der Waals surface area contributed by atoms with Gasteiger partial charge in [-0.05, 0) is 12.1 Å². The maximum absolute atomic E-state index is 14.4. The Bertz CT molecular complexity index is 590. The fourth-order valence-electron chi connectivity index (χ4n) is 2.13. The summed E-state index contributed by atoms with van der Waals surface area (Å²) < 4.78 is 26.9. The first-order valence-corrected chi connectivity index (χ1v) is 6.59. The van der Waals surface area contributed by atoms with Crippen molar-refractivity contribution in [2.75, 3.05) is 13.2 Å². The van der Waals surface area contributed by atoms with Crippen molar-refractivity contribution in [1.82, 2.24) is 9.78 Å². The zero-order chi connectivity index (χ0) is 14.2. The highest BCUT2D eigenvalue weighted by atomic mass is 19.1. The topological polar surface area (TPSA) is 36.3 Å². The van der Waals surface area contributed by atoms with E-state index in [2.05, 4.69) is 5.10 Å². The van der Waals surface area contributed by atoms with E-state index in [1.165, 1.54) is 10.9 Å². The van der Waals surface area contributed by atoms with Crippen LogP contribution in [0.3, 0.4) is 0 Å². The lowest BCUT2D eigenvalue weighted by atomic mass is 9.77. The highest BCUT2D eigenvalue weighted by Gasteiger charge is 2.36. The van der Waals surface area contributed by atoms with E-state index in [9.17, 15) is 4.39 Å². The molecule has 0 amide bonds. The number of rotatable bonds is 2. The highest BCUT2D eigenvalue weighted by Crippen LogP contribution is 2.21. The molecule has 3 rings (SSSR count). The molecule has 104 valence electrons. The van der Waals surface area contributed by atoms with Crippen LogP contribution in [0.2, 0.25) is 0 Å². The lowest BCUT2D eigenvalue weighted by Gasteiger charge is -2.32. The van der Waals surface area contributed by atoms with E-state index >= 15 is 0 Å². The molecule has 1 saturated heterocycles. The maximum atomic E-state index is 14.4. The zero-order valence-corrected chi connectivity index (χ0v) is 11.5. The Morgan fingerprint density at radius 2 is 1.85 bits per heavy atom. The smallest absolute Gasteiger partial charge is 0.406 e. The van der Waals surface area contributed by atoms with Gasteiger partial charge in [-0.25, -0.2) is 4.68 Å². The Hall–Kier alpha value is -1.66. The van der Waals surface area contributed by atoms with Gasteiger partial charge in [-0.3, -0.25) is 0 Å². The van der Waals surface area contributed by atoms with Gasteiger partial charge in [0.25, 0.3) is 0 Å². The lowest BCUT2D eigenvalue weighted by molar-refractivity contribution is 0.0340. The average Bonchev–Trinajstić information content (AvgIpc) is 2.82. The van der Waals surface area contributed by atoms with Gasteiger partial charge < -0.3 is 9.31 Å². The van der Waals surface area contributed by atoms with Crippen molar-refractivity contribution in [1.29, 1.82) is 0 Å². The van der Waals surface area contributed by atoms with Crippen LogP contribution in [-0.2, 0) is 9.31 Å². The molecule has 1 fully saturated rings. The molecule has 1 aromatic carbocycles. The van der Waals surface area contributed by atoms with Crippen molar-refractivity contribution >= 4 is 12.6 Å². The third-order valence-electron chi connectivity index (χ3n) is 3.24. The third-order valence-corrected chi connectivity index (χ3v) is 3.24. The normalized spacial score (nSPS) is 18.2.